The van der Waals surface area contributed by atoms with Crippen LogP contribution in [0.3, 0.4) is 0 Å². The van der Waals surface area contributed by atoms with Gasteiger partial charge in [-0.25, -0.2) is 0 Å². The Morgan fingerprint density at radius 2 is 1.76 bits per heavy atom. The molecule has 2 heteroatoms. The predicted octanol–water partition coefficient (Wildman–Crippen LogP) is 3.59. The van der Waals surface area contributed by atoms with E-state index in [0.717, 1.165) is 31.2 Å². The number of carboxylic acids is 1. The van der Waals surface area contributed by atoms with Gasteiger partial charge in [-0.3, -0.25) is 4.79 Å². The van der Waals surface area contributed by atoms with E-state index in [1.807, 2.05) is 12.1 Å². The minimum atomic E-state index is -0.652. The maximum absolute atomic E-state index is 11.7. The number of aryl methyl sites for hydroxylation is 2. The van der Waals surface area contributed by atoms with E-state index < -0.39 is 11.4 Å². The van der Waals surface area contributed by atoms with E-state index in [9.17, 15) is 9.90 Å². The van der Waals surface area contributed by atoms with Crippen LogP contribution in [0, 0.1) is 13.8 Å². The Hall–Kier alpha value is -1.31. The van der Waals surface area contributed by atoms with Crippen LogP contribution >= 0.6 is 0 Å². The Kier molecular flexibility index (Phi) is 3.23. The molecule has 0 aliphatic heterocycles. The third-order valence-electron chi connectivity index (χ3n) is 4.18. The summed E-state index contributed by atoms with van der Waals surface area (Å²) in [5.74, 6) is -0.652. The largest absolute Gasteiger partial charge is 0.481 e. The molecule has 1 N–H and O–H groups in total. The lowest BCUT2D eigenvalue weighted by atomic mass is 9.69. The SMILES string of the molecule is Cc1ccc(C2(C(=O)O)CCCCC2)cc1C. The molecule has 0 amide bonds. The summed E-state index contributed by atoms with van der Waals surface area (Å²) in [5, 5.41) is 9.60. The van der Waals surface area contributed by atoms with Crippen LogP contribution in [-0.2, 0) is 10.2 Å². The first kappa shape index (κ1) is 12.2. The van der Waals surface area contributed by atoms with Crippen molar-refractivity contribution in [1.82, 2.24) is 0 Å². The first-order chi connectivity index (χ1) is 8.06. The molecule has 0 radical (unpaired) electrons. The van der Waals surface area contributed by atoms with Crippen molar-refractivity contribution in [3.63, 3.8) is 0 Å². The summed E-state index contributed by atoms with van der Waals surface area (Å²) in [6.45, 7) is 4.12. The molecule has 17 heavy (non-hydrogen) atoms. The molecule has 2 rings (SSSR count). The fourth-order valence-electron chi connectivity index (χ4n) is 2.82. The van der Waals surface area contributed by atoms with Crippen LogP contribution < -0.4 is 0 Å². The number of aliphatic carboxylic acids is 1. The third-order valence-corrected chi connectivity index (χ3v) is 4.18. The molecule has 0 aromatic heterocycles. The van der Waals surface area contributed by atoms with Crippen molar-refractivity contribution >= 4 is 5.97 Å². The molecule has 1 saturated carbocycles. The van der Waals surface area contributed by atoms with Gasteiger partial charge < -0.3 is 5.11 Å². The molecule has 0 saturated heterocycles. The van der Waals surface area contributed by atoms with Gasteiger partial charge in [-0.2, -0.15) is 0 Å². The molecule has 1 aliphatic carbocycles. The van der Waals surface area contributed by atoms with E-state index in [4.69, 9.17) is 0 Å². The van der Waals surface area contributed by atoms with Crippen molar-refractivity contribution in [3.8, 4) is 0 Å². The van der Waals surface area contributed by atoms with Crippen LogP contribution in [0.1, 0.15) is 48.8 Å². The lowest BCUT2D eigenvalue weighted by Crippen LogP contribution is -2.37. The van der Waals surface area contributed by atoms with Crippen molar-refractivity contribution in [3.05, 3.63) is 34.9 Å². The van der Waals surface area contributed by atoms with Crippen molar-refractivity contribution in [2.24, 2.45) is 0 Å². The summed E-state index contributed by atoms with van der Waals surface area (Å²) in [5.41, 5.74) is 2.78. The van der Waals surface area contributed by atoms with Gasteiger partial charge in [0.15, 0.2) is 0 Å². The predicted molar refractivity (Wildman–Crippen MR) is 68.3 cm³/mol. The lowest BCUT2D eigenvalue weighted by molar-refractivity contribution is -0.145. The molecular weight excluding hydrogens is 212 g/mol. The first-order valence-electron chi connectivity index (χ1n) is 6.37. The summed E-state index contributed by atoms with van der Waals surface area (Å²) in [4.78, 5) is 11.7. The Morgan fingerprint density at radius 3 is 2.29 bits per heavy atom. The van der Waals surface area contributed by atoms with Crippen LogP contribution in [0.25, 0.3) is 0 Å². The number of carbonyl (C=O) groups is 1. The molecule has 0 unspecified atom stereocenters. The zero-order valence-electron chi connectivity index (χ0n) is 10.6. The second kappa shape index (κ2) is 4.52. The van der Waals surface area contributed by atoms with Crippen molar-refractivity contribution in [2.75, 3.05) is 0 Å². The van der Waals surface area contributed by atoms with Gasteiger partial charge in [0.1, 0.15) is 0 Å². The molecule has 2 nitrogen and oxygen atoms in total. The molecule has 1 aliphatic rings. The number of rotatable bonds is 2. The fourth-order valence-corrected chi connectivity index (χ4v) is 2.82. The van der Waals surface area contributed by atoms with E-state index in [-0.39, 0.29) is 0 Å². The standard InChI is InChI=1S/C15H20O2/c1-11-6-7-13(10-12(11)2)15(14(16)17)8-4-3-5-9-15/h6-7,10H,3-5,8-9H2,1-2H3,(H,16,17). The van der Waals surface area contributed by atoms with Gasteiger partial charge in [0.05, 0.1) is 5.41 Å². The second-order valence-electron chi connectivity index (χ2n) is 5.25. The molecule has 1 aromatic rings. The maximum Gasteiger partial charge on any atom is 0.314 e. The number of carboxylic acid groups (broad SMARTS) is 1. The maximum atomic E-state index is 11.7. The average Bonchev–Trinajstić information content (AvgIpc) is 2.33. The fraction of sp³-hybridized carbons (Fsp3) is 0.533. The van der Waals surface area contributed by atoms with E-state index in [0.29, 0.717) is 0 Å². The van der Waals surface area contributed by atoms with Crippen LogP contribution in [0.2, 0.25) is 0 Å². The number of hydrogen-bond donors (Lipinski definition) is 1. The van der Waals surface area contributed by atoms with Crippen LogP contribution in [-0.4, -0.2) is 11.1 Å². The Bertz CT molecular complexity index is 429. The highest BCUT2D eigenvalue weighted by Crippen LogP contribution is 2.40. The molecule has 0 bridgehead atoms. The lowest BCUT2D eigenvalue weighted by Gasteiger charge is -2.34. The zero-order valence-corrected chi connectivity index (χ0v) is 10.6. The molecule has 0 heterocycles. The number of benzene rings is 1. The second-order valence-corrected chi connectivity index (χ2v) is 5.25. The molecule has 0 atom stereocenters. The van der Waals surface area contributed by atoms with E-state index in [1.54, 1.807) is 0 Å². The van der Waals surface area contributed by atoms with Crippen LogP contribution in [0.15, 0.2) is 18.2 Å². The Balaban J connectivity index is 2.45. The molecule has 0 spiro atoms. The molecular formula is C15H20O2. The topological polar surface area (TPSA) is 37.3 Å². The minimum Gasteiger partial charge on any atom is -0.481 e. The highest BCUT2D eigenvalue weighted by molar-refractivity contribution is 5.81. The van der Waals surface area contributed by atoms with Gasteiger partial charge in [-0.1, -0.05) is 37.5 Å². The minimum absolute atomic E-state index is 0.628. The van der Waals surface area contributed by atoms with Gasteiger partial charge in [0, 0.05) is 0 Å². The van der Waals surface area contributed by atoms with Gasteiger partial charge in [0.2, 0.25) is 0 Å². The van der Waals surface area contributed by atoms with E-state index in [1.165, 1.54) is 17.5 Å². The molecule has 92 valence electrons. The van der Waals surface area contributed by atoms with E-state index in [2.05, 4.69) is 19.9 Å². The van der Waals surface area contributed by atoms with Crippen molar-refractivity contribution < 1.29 is 9.90 Å². The summed E-state index contributed by atoms with van der Waals surface area (Å²) in [6, 6.07) is 6.11. The van der Waals surface area contributed by atoms with Gasteiger partial charge in [-0.05, 0) is 43.4 Å². The van der Waals surface area contributed by atoms with Crippen molar-refractivity contribution in [2.45, 2.75) is 51.4 Å². The number of hydrogen-bond acceptors (Lipinski definition) is 1. The average molecular weight is 232 g/mol. The Labute approximate surface area is 103 Å². The summed E-state index contributed by atoms with van der Waals surface area (Å²) in [6.07, 6.45) is 4.79. The van der Waals surface area contributed by atoms with Gasteiger partial charge in [0.25, 0.3) is 0 Å². The first-order valence-corrected chi connectivity index (χ1v) is 6.37. The highest BCUT2D eigenvalue weighted by atomic mass is 16.4. The van der Waals surface area contributed by atoms with Gasteiger partial charge in [-0.15, -0.1) is 0 Å². The zero-order chi connectivity index (χ0) is 12.5. The summed E-state index contributed by atoms with van der Waals surface area (Å²) < 4.78 is 0. The third kappa shape index (κ3) is 2.08. The molecule has 1 fully saturated rings. The summed E-state index contributed by atoms with van der Waals surface area (Å²) in [7, 11) is 0. The normalized spacial score (nSPS) is 18.9. The highest BCUT2D eigenvalue weighted by Gasteiger charge is 2.41. The smallest absolute Gasteiger partial charge is 0.314 e. The summed E-state index contributed by atoms with van der Waals surface area (Å²) >= 11 is 0. The van der Waals surface area contributed by atoms with Crippen LogP contribution in [0.4, 0.5) is 0 Å². The van der Waals surface area contributed by atoms with Gasteiger partial charge >= 0.3 is 5.97 Å². The molecule has 1 aromatic carbocycles. The monoisotopic (exact) mass is 232 g/mol. The van der Waals surface area contributed by atoms with E-state index >= 15 is 0 Å². The quantitative estimate of drug-likeness (QED) is 0.846. The van der Waals surface area contributed by atoms with Crippen LogP contribution in [0.5, 0.6) is 0 Å². The van der Waals surface area contributed by atoms with Crippen molar-refractivity contribution in [1.29, 1.82) is 0 Å². The Morgan fingerprint density at radius 1 is 1.12 bits per heavy atom.